The number of carbonyl (C=O) groups is 2. The molecular weight excluding hydrogens is 460 g/mol. The van der Waals surface area contributed by atoms with E-state index in [-0.39, 0.29) is 18.2 Å². The number of Topliss-reactive ketones (excluding diaryl/α,β-unsaturated/α-hetero) is 1. The zero-order chi connectivity index (χ0) is 24.4. The van der Waals surface area contributed by atoms with Crippen molar-refractivity contribution in [3.05, 3.63) is 94.3 Å². The van der Waals surface area contributed by atoms with Gasteiger partial charge in [0.2, 0.25) is 0 Å². The first kappa shape index (κ1) is 22.8. The predicted octanol–water partition coefficient (Wildman–Crippen LogP) is 5.41. The fourth-order valence-corrected chi connectivity index (χ4v) is 4.89. The first-order chi connectivity index (χ1) is 17.0. The van der Waals surface area contributed by atoms with Crippen LogP contribution in [0.3, 0.4) is 0 Å². The molecule has 176 valence electrons. The molecule has 2 heterocycles. The molecule has 1 unspecified atom stereocenters. The number of methoxy groups -OCH3 is 1. The van der Waals surface area contributed by atoms with Gasteiger partial charge in [0.1, 0.15) is 11.5 Å². The summed E-state index contributed by atoms with van der Waals surface area (Å²) in [5.74, 6) is 0.726. The molecule has 5 rings (SSSR count). The van der Waals surface area contributed by atoms with Crippen molar-refractivity contribution in [3.8, 4) is 22.8 Å². The van der Waals surface area contributed by atoms with Crippen molar-refractivity contribution in [2.45, 2.75) is 19.4 Å². The van der Waals surface area contributed by atoms with Gasteiger partial charge < -0.3 is 9.47 Å². The number of benzene rings is 3. The Balaban J connectivity index is 1.43. The third-order valence-corrected chi connectivity index (χ3v) is 6.76. The highest BCUT2D eigenvalue weighted by molar-refractivity contribution is 7.10. The molecule has 1 amide bonds. The molecule has 0 fully saturated rings. The number of hydrogen-bond donors (Lipinski definition) is 0. The number of fused-ring (bicyclic) bond motifs is 1. The molecule has 1 aliphatic heterocycles. The molecular formula is C28H24N2O4S. The minimum atomic E-state index is -0.678. The molecule has 3 aromatic carbocycles. The molecule has 0 aliphatic carbocycles. The summed E-state index contributed by atoms with van der Waals surface area (Å²) in [6, 6.07) is 22.8. The van der Waals surface area contributed by atoms with Crippen molar-refractivity contribution in [2.75, 3.05) is 18.6 Å². The van der Waals surface area contributed by atoms with E-state index in [1.54, 1.807) is 49.6 Å². The third kappa shape index (κ3) is 4.81. The Labute approximate surface area is 207 Å². The molecule has 1 aromatic heterocycles. The zero-order valence-electron chi connectivity index (χ0n) is 19.4. The predicted molar refractivity (Wildman–Crippen MR) is 137 cm³/mol. The fourth-order valence-electron chi connectivity index (χ4n) is 4.06. The van der Waals surface area contributed by atoms with Crippen LogP contribution in [0.25, 0.3) is 11.3 Å². The van der Waals surface area contributed by atoms with E-state index in [1.165, 1.54) is 10.5 Å². The van der Waals surface area contributed by atoms with E-state index in [4.69, 9.17) is 14.5 Å². The van der Waals surface area contributed by atoms with Crippen LogP contribution in [-0.2, 0) is 11.2 Å². The Bertz CT molecular complexity index is 1380. The molecule has 1 atom stereocenters. The lowest BCUT2D eigenvalue weighted by Gasteiger charge is -2.33. The summed E-state index contributed by atoms with van der Waals surface area (Å²) >= 11 is 1.60. The normalized spacial score (nSPS) is 14.9. The summed E-state index contributed by atoms with van der Waals surface area (Å²) in [7, 11) is 1.55. The summed E-state index contributed by atoms with van der Waals surface area (Å²) in [5.41, 5.74) is 3.95. The van der Waals surface area contributed by atoms with Crippen LogP contribution in [0.1, 0.15) is 27.9 Å². The Hall–Kier alpha value is -3.97. The number of rotatable bonds is 7. The summed E-state index contributed by atoms with van der Waals surface area (Å²) in [5, 5.41) is 3.02. The van der Waals surface area contributed by atoms with E-state index in [1.807, 2.05) is 41.8 Å². The van der Waals surface area contributed by atoms with Crippen LogP contribution in [0.2, 0.25) is 0 Å². The number of amides is 1. The van der Waals surface area contributed by atoms with Gasteiger partial charge in [0.15, 0.2) is 11.9 Å². The SMILES string of the molecule is COc1cccc(C(=O)CN2C(=O)C(C)Oc3ccc(-c4csc(Cc5ccccc5)n4)cc32)c1. The van der Waals surface area contributed by atoms with Crippen LogP contribution in [-0.4, -0.2) is 36.4 Å². The van der Waals surface area contributed by atoms with Crippen molar-refractivity contribution in [1.82, 2.24) is 4.98 Å². The maximum absolute atomic E-state index is 13.1. The van der Waals surface area contributed by atoms with Crippen molar-refractivity contribution >= 4 is 28.7 Å². The lowest BCUT2D eigenvalue weighted by Crippen LogP contribution is -2.46. The average molecular weight is 485 g/mol. The van der Waals surface area contributed by atoms with Gasteiger partial charge in [-0.2, -0.15) is 0 Å². The molecule has 7 heteroatoms. The number of ether oxygens (including phenoxy) is 2. The summed E-state index contributed by atoms with van der Waals surface area (Å²) in [6.07, 6.45) is 0.0831. The van der Waals surface area contributed by atoms with Gasteiger partial charge in [-0.05, 0) is 42.8 Å². The highest BCUT2D eigenvalue weighted by Gasteiger charge is 2.33. The van der Waals surface area contributed by atoms with Crippen molar-refractivity contribution in [3.63, 3.8) is 0 Å². The Morgan fingerprint density at radius 3 is 2.71 bits per heavy atom. The standard InChI is InChI=1S/C28H24N2O4S/c1-18-28(32)30(16-25(31)21-9-6-10-22(14-21)33-2)24-15-20(11-12-26(24)34-18)23-17-35-27(29-23)13-19-7-4-3-5-8-19/h3-12,14-15,17-18H,13,16H2,1-2H3. The van der Waals surface area contributed by atoms with Gasteiger partial charge >= 0.3 is 0 Å². The summed E-state index contributed by atoms with van der Waals surface area (Å²) < 4.78 is 11.1. The van der Waals surface area contributed by atoms with Crippen LogP contribution < -0.4 is 14.4 Å². The minimum absolute atomic E-state index is 0.0908. The van der Waals surface area contributed by atoms with Crippen molar-refractivity contribution in [1.29, 1.82) is 0 Å². The fraction of sp³-hybridized carbons (Fsp3) is 0.179. The monoisotopic (exact) mass is 484 g/mol. The maximum Gasteiger partial charge on any atom is 0.268 e. The van der Waals surface area contributed by atoms with Crippen molar-refractivity contribution in [2.24, 2.45) is 0 Å². The zero-order valence-corrected chi connectivity index (χ0v) is 20.2. The van der Waals surface area contributed by atoms with Gasteiger partial charge in [-0.25, -0.2) is 4.98 Å². The smallest absolute Gasteiger partial charge is 0.268 e. The lowest BCUT2D eigenvalue weighted by atomic mass is 10.1. The molecule has 0 saturated carbocycles. The number of hydrogen-bond acceptors (Lipinski definition) is 6. The van der Waals surface area contributed by atoms with E-state index in [0.717, 1.165) is 22.7 Å². The van der Waals surface area contributed by atoms with E-state index in [0.29, 0.717) is 22.7 Å². The first-order valence-corrected chi connectivity index (χ1v) is 12.2. The van der Waals surface area contributed by atoms with Gasteiger partial charge in [-0.15, -0.1) is 11.3 Å². The molecule has 0 N–H and O–H groups in total. The van der Waals surface area contributed by atoms with Gasteiger partial charge in [-0.3, -0.25) is 14.5 Å². The second kappa shape index (κ2) is 9.72. The number of carbonyl (C=O) groups excluding carboxylic acids is 2. The van der Waals surface area contributed by atoms with E-state index >= 15 is 0 Å². The molecule has 0 saturated heterocycles. The second-order valence-electron chi connectivity index (χ2n) is 8.31. The average Bonchev–Trinajstić information content (AvgIpc) is 3.35. The third-order valence-electron chi connectivity index (χ3n) is 5.91. The van der Waals surface area contributed by atoms with Gasteiger partial charge in [-0.1, -0.05) is 42.5 Å². The van der Waals surface area contributed by atoms with Gasteiger partial charge in [0, 0.05) is 22.9 Å². The highest BCUT2D eigenvalue weighted by atomic mass is 32.1. The van der Waals surface area contributed by atoms with Gasteiger partial charge in [0.05, 0.1) is 30.0 Å². The molecule has 0 spiro atoms. The number of thiazole rings is 1. The van der Waals surface area contributed by atoms with Gasteiger partial charge in [0.25, 0.3) is 5.91 Å². The molecule has 6 nitrogen and oxygen atoms in total. The minimum Gasteiger partial charge on any atom is -0.497 e. The summed E-state index contributed by atoms with van der Waals surface area (Å²) in [4.78, 5) is 32.4. The number of ketones is 1. The van der Waals surface area contributed by atoms with Crippen LogP contribution in [0.4, 0.5) is 5.69 Å². The maximum atomic E-state index is 13.1. The Morgan fingerprint density at radius 1 is 1.09 bits per heavy atom. The molecule has 35 heavy (non-hydrogen) atoms. The van der Waals surface area contributed by atoms with E-state index in [2.05, 4.69) is 12.1 Å². The topological polar surface area (TPSA) is 68.7 Å². The van der Waals surface area contributed by atoms with Crippen LogP contribution in [0, 0.1) is 0 Å². The molecule has 0 radical (unpaired) electrons. The quantitative estimate of drug-likeness (QED) is 0.328. The molecule has 4 aromatic rings. The van der Waals surface area contributed by atoms with Crippen LogP contribution in [0.5, 0.6) is 11.5 Å². The first-order valence-electron chi connectivity index (χ1n) is 11.3. The second-order valence-corrected chi connectivity index (χ2v) is 9.25. The molecule has 0 bridgehead atoms. The largest absolute Gasteiger partial charge is 0.497 e. The highest BCUT2D eigenvalue weighted by Crippen LogP contribution is 2.38. The number of nitrogens with zero attached hydrogens (tertiary/aromatic N) is 2. The Morgan fingerprint density at radius 2 is 1.91 bits per heavy atom. The lowest BCUT2D eigenvalue weighted by molar-refractivity contribution is -0.125. The Kier molecular flexibility index (Phi) is 6.33. The number of anilines is 1. The van der Waals surface area contributed by atoms with Crippen molar-refractivity contribution < 1.29 is 19.1 Å². The van der Waals surface area contributed by atoms with Crippen LogP contribution >= 0.6 is 11.3 Å². The summed E-state index contributed by atoms with van der Waals surface area (Å²) in [6.45, 7) is 1.60. The van der Waals surface area contributed by atoms with E-state index in [9.17, 15) is 9.59 Å². The van der Waals surface area contributed by atoms with E-state index < -0.39 is 6.10 Å². The number of aromatic nitrogens is 1. The van der Waals surface area contributed by atoms with Crippen LogP contribution in [0.15, 0.2) is 78.2 Å². The molecule has 1 aliphatic rings.